The number of carbonyl (C=O) groups is 1. The molecule has 0 radical (unpaired) electrons. The van der Waals surface area contributed by atoms with Crippen LogP contribution in [0.1, 0.15) is 24.0 Å². The van der Waals surface area contributed by atoms with Crippen molar-refractivity contribution in [2.75, 3.05) is 18.5 Å². The maximum absolute atomic E-state index is 12.7. The Balaban J connectivity index is 2.17. The minimum atomic E-state index is -4.40. The Kier molecular flexibility index (Phi) is 5.84. The van der Waals surface area contributed by atoms with Gasteiger partial charge in [-0.3, -0.25) is 4.79 Å². The number of benzene rings is 2. The second kappa shape index (κ2) is 7.86. The molecule has 0 fully saturated rings. The molecular formula is C18H18F3NO2. The van der Waals surface area contributed by atoms with Crippen LogP contribution >= 0.6 is 0 Å². The summed E-state index contributed by atoms with van der Waals surface area (Å²) in [5.41, 5.74) is 0.550. The summed E-state index contributed by atoms with van der Waals surface area (Å²) >= 11 is 0. The number of anilines is 1. The zero-order valence-corrected chi connectivity index (χ0v) is 13.1. The highest BCUT2D eigenvalue weighted by atomic mass is 19.4. The number of carbonyl (C=O) groups excluding carboxylic acids is 1. The molecule has 0 saturated heterocycles. The lowest BCUT2D eigenvalue weighted by atomic mass is 9.97. The lowest BCUT2D eigenvalue weighted by Crippen LogP contribution is -2.23. The minimum Gasteiger partial charge on any atom is -0.465 e. The van der Waals surface area contributed by atoms with Gasteiger partial charge in [0, 0.05) is 12.2 Å². The van der Waals surface area contributed by atoms with Gasteiger partial charge in [0.1, 0.15) is 0 Å². The predicted molar refractivity (Wildman–Crippen MR) is 85.7 cm³/mol. The van der Waals surface area contributed by atoms with Crippen molar-refractivity contribution < 1.29 is 22.7 Å². The van der Waals surface area contributed by atoms with Gasteiger partial charge in [0.25, 0.3) is 0 Å². The Bertz CT molecular complexity index is 654. The molecule has 0 aliphatic heterocycles. The van der Waals surface area contributed by atoms with Crippen LogP contribution in [0.4, 0.5) is 18.9 Å². The fourth-order valence-electron chi connectivity index (χ4n) is 2.26. The lowest BCUT2D eigenvalue weighted by Gasteiger charge is -2.18. The van der Waals surface area contributed by atoms with Crippen LogP contribution in [0.2, 0.25) is 0 Å². The summed E-state index contributed by atoms with van der Waals surface area (Å²) < 4.78 is 43.0. The molecule has 1 atom stereocenters. The SMILES string of the molecule is CCOC(=O)C(CNc1ccccc1)c1ccc(C(F)(F)F)cc1. The number of hydrogen-bond acceptors (Lipinski definition) is 3. The summed E-state index contributed by atoms with van der Waals surface area (Å²) in [5.74, 6) is -1.16. The van der Waals surface area contributed by atoms with Crippen molar-refractivity contribution in [1.82, 2.24) is 0 Å². The van der Waals surface area contributed by atoms with E-state index in [1.165, 1.54) is 12.1 Å². The quantitative estimate of drug-likeness (QED) is 0.791. The van der Waals surface area contributed by atoms with Gasteiger partial charge in [0.15, 0.2) is 0 Å². The van der Waals surface area contributed by atoms with Crippen LogP contribution in [0.3, 0.4) is 0 Å². The smallest absolute Gasteiger partial charge is 0.416 e. The first kappa shape index (κ1) is 17.8. The second-order valence-corrected chi connectivity index (χ2v) is 5.17. The van der Waals surface area contributed by atoms with Crippen LogP contribution in [0.15, 0.2) is 54.6 Å². The Morgan fingerprint density at radius 3 is 2.25 bits per heavy atom. The molecule has 6 heteroatoms. The molecule has 0 aliphatic carbocycles. The molecule has 128 valence electrons. The number of nitrogens with one attached hydrogen (secondary N) is 1. The van der Waals surface area contributed by atoms with Crippen LogP contribution in [-0.4, -0.2) is 19.1 Å². The third-order valence-electron chi connectivity index (χ3n) is 3.50. The van der Waals surface area contributed by atoms with E-state index in [4.69, 9.17) is 4.74 Å². The summed E-state index contributed by atoms with van der Waals surface area (Å²) in [4.78, 5) is 12.2. The largest absolute Gasteiger partial charge is 0.465 e. The highest BCUT2D eigenvalue weighted by Gasteiger charge is 2.31. The van der Waals surface area contributed by atoms with Gasteiger partial charge >= 0.3 is 12.1 Å². The first-order chi connectivity index (χ1) is 11.4. The number of alkyl halides is 3. The van der Waals surface area contributed by atoms with E-state index in [2.05, 4.69) is 5.32 Å². The average molecular weight is 337 g/mol. The molecule has 2 aromatic rings. The molecule has 0 aromatic heterocycles. The van der Waals surface area contributed by atoms with Crippen molar-refractivity contribution >= 4 is 11.7 Å². The van der Waals surface area contributed by atoms with Gasteiger partial charge in [-0.1, -0.05) is 30.3 Å². The summed E-state index contributed by atoms with van der Waals surface area (Å²) in [6.45, 7) is 2.13. The molecule has 0 aliphatic rings. The van der Waals surface area contributed by atoms with Crippen LogP contribution in [-0.2, 0) is 15.7 Å². The topological polar surface area (TPSA) is 38.3 Å². The fourth-order valence-corrected chi connectivity index (χ4v) is 2.26. The highest BCUT2D eigenvalue weighted by Crippen LogP contribution is 2.30. The normalized spacial score (nSPS) is 12.5. The molecule has 0 bridgehead atoms. The Morgan fingerprint density at radius 1 is 1.08 bits per heavy atom. The molecule has 0 spiro atoms. The molecule has 2 aromatic carbocycles. The van der Waals surface area contributed by atoms with Crippen molar-refractivity contribution in [3.63, 3.8) is 0 Å². The number of hydrogen-bond donors (Lipinski definition) is 1. The van der Waals surface area contributed by atoms with Crippen molar-refractivity contribution in [2.45, 2.75) is 19.0 Å². The zero-order valence-electron chi connectivity index (χ0n) is 13.1. The van der Waals surface area contributed by atoms with Crippen LogP contribution < -0.4 is 5.32 Å². The molecule has 3 nitrogen and oxygen atoms in total. The van der Waals surface area contributed by atoms with E-state index in [-0.39, 0.29) is 13.2 Å². The molecule has 1 N–H and O–H groups in total. The van der Waals surface area contributed by atoms with E-state index in [1.54, 1.807) is 6.92 Å². The second-order valence-electron chi connectivity index (χ2n) is 5.17. The zero-order chi connectivity index (χ0) is 17.6. The van der Waals surface area contributed by atoms with Crippen molar-refractivity contribution in [3.05, 3.63) is 65.7 Å². The van der Waals surface area contributed by atoms with Crippen LogP contribution in [0.25, 0.3) is 0 Å². The van der Waals surface area contributed by atoms with E-state index in [9.17, 15) is 18.0 Å². The number of rotatable bonds is 6. The van der Waals surface area contributed by atoms with Crippen LogP contribution in [0.5, 0.6) is 0 Å². The van der Waals surface area contributed by atoms with Gasteiger partial charge < -0.3 is 10.1 Å². The molecule has 1 unspecified atom stereocenters. The lowest BCUT2D eigenvalue weighted by molar-refractivity contribution is -0.144. The highest BCUT2D eigenvalue weighted by molar-refractivity contribution is 5.79. The van der Waals surface area contributed by atoms with E-state index >= 15 is 0 Å². The third-order valence-corrected chi connectivity index (χ3v) is 3.50. The fraction of sp³-hybridized carbons (Fsp3) is 0.278. The molecular weight excluding hydrogens is 319 g/mol. The first-order valence-electron chi connectivity index (χ1n) is 7.54. The maximum atomic E-state index is 12.7. The summed E-state index contributed by atoms with van der Waals surface area (Å²) in [6, 6.07) is 13.8. The van der Waals surface area contributed by atoms with Gasteiger partial charge in [0.05, 0.1) is 18.1 Å². The molecule has 0 amide bonds. The number of para-hydroxylation sites is 1. The van der Waals surface area contributed by atoms with Gasteiger partial charge in [-0.25, -0.2) is 0 Å². The number of esters is 1. The number of halogens is 3. The number of ether oxygens (including phenoxy) is 1. The van der Waals surface area contributed by atoms with Gasteiger partial charge in [-0.15, -0.1) is 0 Å². The predicted octanol–water partition coefficient (Wildman–Crippen LogP) is 4.46. The monoisotopic (exact) mass is 337 g/mol. The van der Waals surface area contributed by atoms with Crippen molar-refractivity contribution in [2.24, 2.45) is 0 Å². The van der Waals surface area contributed by atoms with E-state index in [0.717, 1.165) is 17.8 Å². The summed E-state index contributed by atoms with van der Waals surface area (Å²) in [6.07, 6.45) is -4.40. The minimum absolute atomic E-state index is 0.210. The molecule has 24 heavy (non-hydrogen) atoms. The molecule has 0 heterocycles. The summed E-state index contributed by atoms with van der Waals surface area (Å²) in [5, 5.41) is 3.10. The van der Waals surface area contributed by atoms with Gasteiger partial charge in [-0.05, 0) is 36.8 Å². The maximum Gasteiger partial charge on any atom is 0.416 e. The van der Waals surface area contributed by atoms with Crippen molar-refractivity contribution in [3.8, 4) is 0 Å². The van der Waals surface area contributed by atoms with E-state index in [0.29, 0.717) is 5.56 Å². The van der Waals surface area contributed by atoms with E-state index in [1.807, 2.05) is 30.3 Å². The Morgan fingerprint density at radius 2 is 1.71 bits per heavy atom. The first-order valence-corrected chi connectivity index (χ1v) is 7.54. The third kappa shape index (κ3) is 4.75. The Hall–Kier alpha value is -2.50. The van der Waals surface area contributed by atoms with E-state index < -0.39 is 23.6 Å². The molecule has 0 saturated carbocycles. The van der Waals surface area contributed by atoms with Crippen LogP contribution in [0, 0.1) is 0 Å². The standard InChI is InChI=1S/C18H18F3NO2/c1-2-24-17(23)16(12-22-15-6-4-3-5-7-15)13-8-10-14(11-9-13)18(19,20)21/h3-11,16,22H,2,12H2,1H3. The van der Waals surface area contributed by atoms with Crippen molar-refractivity contribution in [1.29, 1.82) is 0 Å². The molecule has 2 rings (SSSR count). The van der Waals surface area contributed by atoms with Gasteiger partial charge in [-0.2, -0.15) is 13.2 Å². The Labute approximate surface area is 138 Å². The summed E-state index contributed by atoms with van der Waals surface area (Å²) in [7, 11) is 0. The van der Waals surface area contributed by atoms with Gasteiger partial charge in [0.2, 0.25) is 0 Å². The average Bonchev–Trinajstić information content (AvgIpc) is 2.56.